The zero-order valence-electron chi connectivity index (χ0n) is 9.01. The summed E-state index contributed by atoms with van der Waals surface area (Å²) in [5.41, 5.74) is 6.55. The summed E-state index contributed by atoms with van der Waals surface area (Å²) in [5, 5.41) is 13.2. The highest BCUT2D eigenvalue weighted by molar-refractivity contribution is 6.30. The Bertz CT molecular complexity index is 484. The van der Waals surface area contributed by atoms with Gasteiger partial charge in [-0.1, -0.05) is 16.8 Å². The first-order valence-electron chi connectivity index (χ1n) is 5.16. The van der Waals surface area contributed by atoms with Crippen molar-refractivity contribution in [2.24, 2.45) is 5.73 Å². The van der Waals surface area contributed by atoms with Crippen LogP contribution in [0, 0.1) is 0 Å². The lowest BCUT2D eigenvalue weighted by Crippen LogP contribution is -2.12. The average molecular weight is 254 g/mol. The molecule has 0 spiro atoms. The number of halogens is 1. The van der Waals surface area contributed by atoms with Crippen molar-refractivity contribution in [2.45, 2.75) is 12.5 Å². The van der Waals surface area contributed by atoms with Crippen LogP contribution in [0.2, 0.25) is 5.02 Å². The van der Waals surface area contributed by atoms with Gasteiger partial charge in [-0.2, -0.15) is 4.98 Å². The number of aromatic nitrogens is 2. The molecule has 0 aliphatic rings. The first-order chi connectivity index (χ1) is 8.20. The molecule has 1 atom stereocenters. The average Bonchev–Trinajstić information content (AvgIpc) is 2.80. The summed E-state index contributed by atoms with van der Waals surface area (Å²) >= 11 is 5.78. The van der Waals surface area contributed by atoms with E-state index in [0.29, 0.717) is 23.2 Å². The van der Waals surface area contributed by atoms with E-state index in [1.165, 1.54) is 0 Å². The fourth-order valence-corrected chi connectivity index (χ4v) is 1.49. The predicted molar refractivity (Wildman–Crippen MR) is 63.4 cm³/mol. The van der Waals surface area contributed by atoms with Crippen LogP contribution in [0.15, 0.2) is 28.8 Å². The lowest BCUT2D eigenvalue weighted by Gasteiger charge is -2.01. The van der Waals surface area contributed by atoms with Gasteiger partial charge in [0.05, 0.1) is 6.04 Å². The van der Waals surface area contributed by atoms with Gasteiger partial charge in [-0.25, -0.2) is 0 Å². The number of hydrogen-bond donors (Lipinski definition) is 2. The van der Waals surface area contributed by atoms with Crippen LogP contribution in [0.5, 0.6) is 0 Å². The van der Waals surface area contributed by atoms with E-state index in [1.54, 1.807) is 24.3 Å². The van der Waals surface area contributed by atoms with Crippen LogP contribution in [0.25, 0.3) is 11.4 Å². The number of hydrogen-bond acceptors (Lipinski definition) is 5. The van der Waals surface area contributed by atoms with Crippen LogP contribution in [0.4, 0.5) is 0 Å². The standard InChI is InChI=1S/C11H12ClN3O2/c12-8-3-1-7(2-4-8)10-14-11(17-15-10)9(13)5-6-16/h1-4,9,16H,5-6,13H2. The summed E-state index contributed by atoms with van der Waals surface area (Å²) in [6, 6.07) is 6.66. The zero-order chi connectivity index (χ0) is 12.3. The number of benzene rings is 1. The Morgan fingerprint density at radius 1 is 1.35 bits per heavy atom. The van der Waals surface area contributed by atoms with Crippen LogP contribution in [0.1, 0.15) is 18.4 Å². The second-order valence-electron chi connectivity index (χ2n) is 3.58. The van der Waals surface area contributed by atoms with Crippen molar-refractivity contribution in [1.29, 1.82) is 0 Å². The molecule has 6 heteroatoms. The van der Waals surface area contributed by atoms with Gasteiger partial charge in [0.15, 0.2) is 0 Å². The quantitative estimate of drug-likeness (QED) is 0.867. The van der Waals surface area contributed by atoms with Gasteiger partial charge in [-0.15, -0.1) is 0 Å². The van der Waals surface area contributed by atoms with Crippen LogP contribution < -0.4 is 5.73 Å². The SMILES string of the molecule is NC(CCO)c1nc(-c2ccc(Cl)cc2)no1. The molecular formula is C11H12ClN3O2. The molecular weight excluding hydrogens is 242 g/mol. The molecule has 0 aliphatic heterocycles. The Morgan fingerprint density at radius 3 is 2.71 bits per heavy atom. The summed E-state index contributed by atoms with van der Waals surface area (Å²) in [7, 11) is 0. The fraction of sp³-hybridized carbons (Fsp3) is 0.273. The minimum absolute atomic E-state index is 0.0141. The first kappa shape index (κ1) is 12.0. The minimum atomic E-state index is -0.437. The van der Waals surface area contributed by atoms with Gasteiger partial charge in [-0.3, -0.25) is 0 Å². The summed E-state index contributed by atoms with van der Waals surface area (Å²) in [5.74, 6) is 0.786. The van der Waals surface area contributed by atoms with Gasteiger partial charge in [-0.05, 0) is 30.7 Å². The Morgan fingerprint density at radius 2 is 2.06 bits per heavy atom. The first-order valence-corrected chi connectivity index (χ1v) is 5.54. The maximum atomic E-state index is 8.77. The van der Waals surface area contributed by atoms with E-state index >= 15 is 0 Å². The number of aliphatic hydroxyl groups excluding tert-OH is 1. The van der Waals surface area contributed by atoms with Gasteiger partial charge in [0.2, 0.25) is 11.7 Å². The summed E-state index contributed by atoms with van der Waals surface area (Å²) in [6.45, 7) is -0.0141. The summed E-state index contributed by atoms with van der Waals surface area (Å²) < 4.78 is 5.03. The lowest BCUT2D eigenvalue weighted by molar-refractivity contribution is 0.259. The number of nitrogens with zero attached hydrogens (tertiary/aromatic N) is 2. The lowest BCUT2D eigenvalue weighted by atomic mass is 10.2. The third kappa shape index (κ3) is 2.82. The molecule has 1 aromatic carbocycles. The summed E-state index contributed by atoms with van der Waals surface area (Å²) in [4.78, 5) is 4.17. The molecule has 0 aliphatic carbocycles. The van der Waals surface area contributed by atoms with E-state index in [0.717, 1.165) is 5.56 Å². The van der Waals surface area contributed by atoms with Crippen molar-refractivity contribution in [3.63, 3.8) is 0 Å². The summed E-state index contributed by atoms with van der Waals surface area (Å²) in [6.07, 6.45) is 0.391. The Balaban J connectivity index is 2.20. The minimum Gasteiger partial charge on any atom is -0.396 e. The van der Waals surface area contributed by atoms with E-state index in [1.807, 2.05) is 0 Å². The maximum Gasteiger partial charge on any atom is 0.243 e. The largest absolute Gasteiger partial charge is 0.396 e. The van der Waals surface area contributed by atoms with Crippen molar-refractivity contribution >= 4 is 11.6 Å². The molecule has 1 aromatic heterocycles. The maximum absolute atomic E-state index is 8.77. The van der Waals surface area contributed by atoms with Crippen molar-refractivity contribution in [3.05, 3.63) is 35.2 Å². The van der Waals surface area contributed by atoms with Gasteiger partial charge >= 0.3 is 0 Å². The molecule has 0 radical (unpaired) electrons. The molecule has 2 rings (SSSR count). The van der Waals surface area contributed by atoms with Gasteiger partial charge < -0.3 is 15.4 Å². The van der Waals surface area contributed by atoms with Crippen molar-refractivity contribution in [3.8, 4) is 11.4 Å². The van der Waals surface area contributed by atoms with Crippen molar-refractivity contribution < 1.29 is 9.63 Å². The molecule has 1 unspecified atom stereocenters. The zero-order valence-corrected chi connectivity index (χ0v) is 9.76. The highest BCUT2D eigenvalue weighted by Crippen LogP contribution is 2.20. The number of nitrogens with two attached hydrogens (primary N) is 1. The van der Waals surface area contributed by atoms with Gasteiger partial charge in [0.1, 0.15) is 0 Å². The molecule has 90 valence electrons. The molecule has 0 bridgehead atoms. The van der Waals surface area contributed by atoms with E-state index in [2.05, 4.69) is 10.1 Å². The topological polar surface area (TPSA) is 85.2 Å². The molecule has 17 heavy (non-hydrogen) atoms. The molecule has 0 fully saturated rings. The third-order valence-corrected chi connectivity index (χ3v) is 2.55. The number of rotatable bonds is 4. The Hall–Kier alpha value is -1.43. The van der Waals surface area contributed by atoms with Gasteiger partial charge in [0.25, 0.3) is 0 Å². The fourth-order valence-electron chi connectivity index (χ4n) is 1.36. The molecule has 0 saturated heterocycles. The molecule has 1 heterocycles. The number of aliphatic hydroxyl groups is 1. The Labute approximate surface area is 103 Å². The second-order valence-corrected chi connectivity index (χ2v) is 4.02. The van der Waals surface area contributed by atoms with Crippen molar-refractivity contribution in [2.75, 3.05) is 6.61 Å². The third-order valence-electron chi connectivity index (χ3n) is 2.30. The smallest absolute Gasteiger partial charge is 0.243 e. The van der Waals surface area contributed by atoms with Crippen molar-refractivity contribution in [1.82, 2.24) is 10.1 Å². The molecule has 2 aromatic rings. The molecule has 3 N–H and O–H groups in total. The normalized spacial score (nSPS) is 12.6. The highest BCUT2D eigenvalue weighted by Gasteiger charge is 2.14. The molecule has 0 saturated carbocycles. The van der Waals surface area contributed by atoms with Crippen LogP contribution in [-0.2, 0) is 0 Å². The van der Waals surface area contributed by atoms with E-state index in [9.17, 15) is 0 Å². The second kappa shape index (κ2) is 5.27. The Kier molecular flexibility index (Phi) is 3.73. The van der Waals surface area contributed by atoms with E-state index in [-0.39, 0.29) is 6.61 Å². The van der Waals surface area contributed by atoms with Crippen LogP contribution >= 0.6 is 11.6 Å². The van der Waals surface area contributed by atoms with Gasteiger partial charge in [0, 0.05) is 17.2 Å². The predicted octanol–water partition coefficient (Wildman–Crippen LogP) is 1.77. The molecule has 5 nitrogen and oxygen atoms in total. The van der Waals surface area contributed by atoms with Crippen LogP contribution in [0.3, 0.4) is 0 Å². The molecule has 0 amide bonds. The van der Waals surface area contributed by atoms with E-state index in [4.69, 9.17) is 27.0 Å². The highest BCUT2D eigenvalue weighted by atomic mass is 35.5. The monoisotopic (exact) mass is 253 g/mol. The van der Waals surface area contributed by atoms with E-state index < -0.39 is 6.04 Å². The van der Waals surface area contributed by atoms with Crippen LogP contribution in [-0.4, -0.2) is 21.9 Å².